The zero-order valence-corrected chi connectivity index (χ0v) is 18.0. The quantitative estimate of drug-likeness (QED) is 0.288. The summed E-state index contributed by atoms with van der Waals surface area (Å²) in [5.41, 5.74) is 1.54. The number of hydrogen-bond acceptors (Lipinski definition) is 4. The minimum absolute atomic E-state index is 0. The molecule has 154 valence electrons. The number of benzene rings is 2. The molecule has 0 bridgehead atoms. The summed E-state index contributed by atoms with van der Waals surface area (Å²) in [5.74, 6) is 1.33. The van der Waals surface area contributed by atoms with Crippen LogP contribution in [0.25, 0.3) is 5.69 Å². The van der Waals surface area contributed by atoms with Crippen LogP contribution >= 0.6 is 24.0 Å². The standard InChI is InChI=1S/C19H20F2N6O.HI/c1-22-19(23-11-14-7-5-6-10-16(14)28-18(20)21)24-12-17-26-25-13-27(17)15-8-3-2-4-9-15;/h2-10,13,18H,11-12H2,1H3,(H2,22,23,24);1H. The van der Waals surface area contributed by atoms with Crippen molar-refractivity contribution in [3.8, 4) is 11.4 Å². The normalized spacial score (nSPS) is 11.1. The number of alkyl halides is 2. The Hall–Kier alpha value is -2.76. The first-order valence-corrected chi connectivity index (χ1v) is 8.59. The Morgan fingerprint density at radius 2 is 1.76 bits per heavy atom. The second kappa shape index (κ2) is 11.3. The lowest BCUT2D eigenvalue weighted by Crippen LogP contribution is -2.37. The molecule has 0 amide bonds. The molecule has 2 aromatic carbocycles. The van der Waals surface area contributed by atoms with Gasteiger partial charge in [0.2, 0.25) is 0 Å². The SMILES string of the molecule is CN=C(NCc1ccccc1OC(F)F)NCc1nncn1-c1ccccc1.I. The maximum Gasteiger partial charge on any atom is 0.387 e. The van der Waals surface area contributed by atoms with E-state index in [0.717, 1.165) is 5.69 Å². The van der Waals surface area contributed by atoms with Crippen molar-refractivity contribution in [2.45, 2.75) is 19.7 Å². The van der Waals surface area contributed by atoms with Gasteiger partial charge in [-0.2, -0.15) is 8.78 Å². The Labute approximate surface area is 184 Å². The molecule has 7 nitrogen and oxygen atoms in total. The van der Waals surface area contributed by atoms with Crippen LogP contribution in [0.15, 0.2) is 65.9 Å². The third kappa shape index (κ3) is 6.38. The Kier molecular flexibility index (Phi) is 8.77. The summed E-state index contributed by atoms with van der Waals surface area (Å²) in [6.45, 7) is -2.22. The lowest BCUT2D eigenvalue weighted by molar-refractivity contribution is -0.0504. The van der Waals surface area contributed by atoms with Crippen LogP contribution in [0, 0.1) is 0 Å². The molecule has 1 heterocycles. The van der Waals surface area contributed by atoms with Crippen LogP contribution < -0.4 is 15.4 Å². The minimum Gasteiger partial charge on any atom is -0.434 e. The van der Waals surface area contributed by atoms with Crippen molar-refractivity contribution in [2.75, 3.05) is 7.05 Å². The molecule has 29 heavy (non-hydrogen) atoms. The van der Waals surface area contributed by atoms with E-state index in [1.807, 2.05) is 34.9 Å². The van der Waals surface area contributed by atoms with Crippen LogP contribution in [0.2, 0.25) is 0 Å². The predicted octanol–water partition coefficient (Wildman–Crippen LogP) is 3.35. The van der Waals surface area contributed by atoms with E-state index in [2.05, 4.69) is 30.6 Å². The van der Waals surface area contributed by atoms with Crippen molar-refractivity contribution in [1.29, 1.82) is 0 Å². The van der Waals surface area contributed by atoms with Gasteiger partial charge in [0.25, 0.3) is 0 Å². The molecule has 0 atom stereocenters. The van der Waals surface area contributed by atoms with Crippen molar-refractivity contribution in [2.24, 2.45) is 4.99 Å². The van der Waals surface area contributed by atoms with E-state index in [1.54, 1.807) is 31.6 Å². The summed E-state index contributed by atoms with van der Waals surface area (Å²) in [7, 11) is 1.62. The summed E-state index contributed by atoms with van der Waals surface area (Å²) < 4.78 is 31.5. The number of para-hydroxylation sites is 2. The largest absolute Gasteiger partial charge is 0.434 e. The zero-order valence-electron chi connectivity index (χ0n) is 15.6. The molecule has 0 saturated heterocycles. The molecule has 0 spiro atoms. The third-order valence-electron chi connectivity index (χ3n) is 3.93. The van der Waals surface area contributed by atoms with Crippen LogP contribution in [0.4, 0.5) is 8.78 Å². The molecule has 10 heteroatoms. The molecule has 2 N–H and O–H groups in total. The lowest BCUT2D eigenvalue weighted by atomic mass is 10.2. The van der Waals surface area contributed by atoms with Gasteiger partial charge in [-0.1, -0.05) is 36.4 Å². The number of halogens is 3. The number of nitrogens with one attached hydrogen (secondary N) is 2. The van der Waals surface area contributed by atoms with E-state index in [4.69, 9.17) is 0 Å². The van der Waals surface area contributed by atoms with Crippen LogP contribution in [0.5, 0.6) is 5.75 Å². The second-order valence-corrected chi connectivity index (χ2v) is 5.72. The van der Waals surface area contributed by atoms with Gasteiger partial charge >= 0.3 is 6.61 Å². The topological polar surface area (TPSA) is 76.4 Å². The fourth-order valence-corrected chi connectivity index (χ4v) is 2.61. The number of aromatic nitrogens is 3. The Bertz CT molecular complexity index is 920. The van der Waals surface area contributed by atoms with Gasteiger partial charge in [0.15, 0.2) is 11.8 Å². The van der Waals surface area contributed by atoms with Crippen LogP contribution in [0.1, 0.15) is 11.4 Å². The number of rotatable bonds is 7. The average molecular weight is 514 g/mol. The maximum atomic E-state index is 12.5. The van der Waals surface area contributed by atoms with Gasteiger partial charge in [-0.25, -0.2) is 0 Å². The van der Waals surface area contributed by atoms with Gasteiger partial charge in [-0.05, 0) is 18.2 Å². The molecular formula is C19H21F2IN6O. The van der Waals surface area contributed by atoms with Crippen molar-refractivity contribution in [3.05, 3.63) is 72.3 Å². The van der Waals surface area contributed by atoms with Gasteiger partial charge < -0.3 is 15.4 Å². The smallest absolute Gasteiger partial charge is 0.387 e. The van der Waals surface area contributed by atoms with E-state index in [-0.39, 0.29) is 36.3 Å². The Balaban J connectivity index is 0.00000300. The fraction of sp³-hybridized carbons (Fsp3) is 0.211. The highest BCUT2D eigenvalue weighted by atomic mass is 127. The minimum atomic E-state index is -2.87. The first-order valence-electron chi connectivity index (χ1n) is 8.59. The number of guanidine groups is 1. The summed E-state index contributed by atoms with van der Waals surface area (Å²) >= 11 is 0. The van der Waals surface area contributed by atoms with Crippen LogP contribution in [-0.2, 0) is 13.1 Å². The molecular weight excluding hydrogens is 493 g/mol. The summed E-state index contributed by atoms with van der Waals surface area (Å²) in [6, 6.07) is 16.3. The highest BCUT2D eigenvalue weighted by molar-refractivity contribution is 14.0. The van der Waals surface area contributed by atoms with Gasteiger partial charge in [0, 0.05) is 24.8 Å². The van der Waals surface area contributed by atoms with E-state index in [1.165, 1.54) is 6.07 Å². The molecule has 0 fully saturated rings. The maximum absolute atomic E-state index is 12.5. The van der Waals surface area contributed by atoms with Gasteiger partial charge in [-0.15, -0.1) is 34.2 Å². The molecule has 0 aliphatic carbocycles. The number of aliphatic imine (C=N–C) groups is 1. The van der Waals surface area contributed by atoms with Crippen molar-refractivity contribution >= 4 is 29.9 Å². The molecule has 0 radical (unpaired) electrons. The summed E-state index contributed by atoms with van der Waals surface area (Å²) in [6.07, 6.45) is 1.64. The highest BCUT2D eigenvalue weighted by Crippen LogP contribution is 2.19. The number of nitrogens with zero attached hydrogens (tertiary/aromatic N) is 4. The lowest BCUT2D eigenvalue weighted by Gasteiger charge is -2.14. The van der Waals surface area contributed by atoms with E-state index in [0.29, 0.717) is 23.9 Å². The summed E-state index contributed by atoms with van der Waals surface area (Å²) in [5, 5.41) is 14.3. The zero-order chi connectivity index (χ0) is 19.8. The summed E-state index contributed by atoms with van der Waals surface area (Å²) in [4.78, 5) is 4.14. The highest BCUT2D eigenvalue weighted by Gasteiger charge is 2.10. The first-order chi connectivity index (χ1) is 13.7. The number of ether oxygens (including phenoxy) is 1. The van der Waals surface area contributed by atoms with Crippen molar-refractivity contribution in [3.63, 3.8) is 0 Å². The van der Waals surface area contributed by atoms with E-state index < -0.39 is 6.61 Å². The monoisotopic (exact) mass is 514 g/mol. The molecule has 3 aromatic rings. The molecule has 3 rings (SSSR count). The molecule has 1 aromatic heterocycles. The third-order valence-corrected chi connectivity index (χ3v) is 3.93. The van der Waals surface area contributed by atoms with Gasteiger partial charge in [-0.3, -0.25) is 9.56 Å². The molecule has 0 unspecified atom stereocenters. The van der Waals surface area contributed by atoms with Crippen molar-refractivity contribution < 1.29 is 13.5 Å². The fourth-order valence-electron chi connectivity index (χ4n) is 2.61. The van der Waals surface area contributed by atoms with Gasteiger partial charge in [0.1, 0.15) is 12.1 Å². The Morgan fingerprint density at radius 3 is 2.48 bits per heavy atom. The molecule has 0 saturated carbocycles. The molecule has 0 aliphatic rings. The van der Waals surface area contributed by atoms with Crippen LogP contribution in [0.3, 0.4) is 0 Å². The van der Waals surface area contributed by atoms with E-state index in [9.17, 15) is 8.78 Å². The Morgan fingerprint density at radius 1 is 1.07 bits per heavy atom. The number of hydrogen-bond donors (Lipinski definition) is 2. The molecule has 0 aliphatic heterocycles. The van der Waals surface area contributed by atoms with Crippen molar-refractivity contribution in [1.82, 2.24) is 25.4 Å². The second-order valence-electron chi connectivity index (χ2n) is 5.72. The first kappa shape index (κ1) is 22.5. The van der Waals surface area contributed by atoms with Crippen LogP contribution in [-0.4, -0.2) is 34.4 Å². The predicted molar refractivity (Wildman–Crippen MR) is 117 cm³/mol. The average Bonchev–Trinajstić information content (AvgIpc) is 3.18. The van der Waals surface area contributed by atoms with Gasteiger partial charge in [0.05, 0.1) is 6.54 Å². The van der Waals surface area contributed by atoms with E-state index >= 15 is 0 Å².